The van der Waals surface area contributed by atoms with E-state index in [0.717, 1.165) is 11.1 Å². The molecule has 1 aliphatic rings. The van der Waals surface area contributed by atoms with Gasteiger partial charge in [-0.3, -0.25) is 4.79 Å². The maximum atomic E-state index is 14.7. The van der Waals surface area contributed by atoms with Gasteiger partial charge in [0, 0.05) is 17.1 Å². The number of carbonyl (C=O) groups is 2. The molecule has 1 saturated heterocycles. The molecule has 3 rings (SSSR count). The Balaban J connectivity index is 2.07. The van der Waals surface area contributed by atoms with E-state index in [1.54, 1.807) is 0 Å². The van der Waals surface area contributed by atoms with E-state index in [2.05, 4.69) is 24.5 Å². The van der Waals surface area contributed by atoms with Crippen LogP contribution in [0.3, 0.4) is 0 Å². The molecule has 0 spiro atoms. The van der Waals surface area contributed by atoms with E-state index >= 15 is 0 Å². The second-order valence-corrected chi connectivity index (χ2v) is 15.2. The molecule has 7 nitrogen and oxygen atoms in total. The fourth-order valence-electron chi connectivity index (χ4n) is 6.48. The lowest BCUT2D eigenvalue weighted by atomic mass is 9.73. The molecule has 44 heavy (non-hydrogen) atoms. The first kappa shape index (κ1) is 35.3. The number of hydrogen-bond donors (Lipinski definition) is 2. The molecule has 1 atom stereocenters. The number of hydrogen-bond acceptors (Lipinski definition) is 4. The van der Waals surface area contributed by atoms with Crippen molar-refractivity contribution in [2.24, 2.45) is 11.3 Å². The highest BCUT2D eigenvalue weighted by molar-refractivity contribution is 5.86. The molecule has 1 heterocycles. The molecule has 7 heteroatoms. The minimum absolute atomic E-state index is 0.0852. The third kappa shape index (κ3) is 10.2. The van der Waals surface area contributed by atoms with Gasteiger partial charge in [-0.05, 0) is 97.6 Å². The monoisotopic (exact) mass is 604 g/mol. The first-order valence-corrected chi connectivity index (χ1v) is 16.0. The number of rotatable bonds is 11. The van der Waals surface area contributed by atoms with Gasteiger partial charge in [-0.15, -0.1) is 10.3 Å². The van der Waals surface area contributed by atoms with Crippen molar-refractivity contribution in [3.05, 3.63) is 83.9 Å². The Bertz CT molecular complexity index is 1190. The zero-order valence-corrected chi connectivity index (χ0v) is 28.3. The van der Waals surface area contributed by atoms with Gasteiger partial charge in [0.25, 0.3) is 0 Å². The molecular weight excluding hydrogens is 550 g/mol. The predicted octanol–water partition coefficient (Wildman–Crippen LogP) is 7.44. The third-order valence-corrected chi connectivity index (χ3v) is 8.18. The topological polar surface area (TPSA) is 90.6 Å². The SMILES string of the molecule is CC(C)C[C@@H](/C=C/C(Cc1ccccc1)(Cc1ccccc1)C(=O)NC1CC(C)(C)N([O])C(C)(C)C1)NC(=O)OC(C)(C)C. The minimum Gasteiger partial charge on any atom is -0.444 e. The number of alkyl carbamates (subject to hydrolysis) is 1. The molecule has 0 unspecified atom stereocenters. The summed E-state index contributed by atoms with van der Waals surface area (Å²) in [6, 6.07) is 19.6. The number of nitrogens with one attached hydrogen (secondary N) is 2. The Kier molecular flexibility index (Phi) is 11.5. The highest BCUT2D eigenvalue weighted by Crippen LogP contribution is 2.38. The van der Waals surface area contributed by atoms with Gasteiger partial charge in [-0.25, -0.2) is 4.79 Å². The van der Waals surface area contributed by atoms with E-state index in [9.17, 15) is 14.8 Å². The summed E-state index contributed by atoms with van der Waals surface area (Å²) in [4.78, 5) is 27.6. The average molecular weight is 605 g/mol. The summed E-state index contributed by atoms with van der Waals surface area (Å²) in [6.45, 7) is 17.5. The van der Waals surface area contributed by atoms with Gasteiger partial charge in [0.15, 0.2) is 0 Å². The van der Waals surface area contributed by atoms with Crippen LogP contribution in [0.5, 0.6) is 0 Å². The van der Waals surface area contributed by atoms with Gasteiger partial charge >= 0.3 is 6.09 Å². The minimum atomic E-state index is -0.962. The molecule has 0 aromatic heterocycles. The molecule has 0 bridgehead atoms. The lowest BCUT2D eigenvalue weighted by molar-refractivity contribution is -0.290. The molecule has 0 saturated carbocycles. The van der Waals surface area contributed by atoms with Crippen LogP contribution in [0.25, 0.3) is 0 Å². The van der Waals surface area contributed by atoms with Crippen molar-refractivity contribution in [3.63, 3.8) is 0 Å². The van der Waals surface area contributed by atoms with Crippen LogP contribution in [0.15, 0.2) is 72.8 Å². The number of piperidine rings is 1. The van der Waals surface area contributed by atoms with Gasteiger partial charge in [0.05, 0.1) is 11.5 Å². The Hall–Kier alpha value is -3.16. The first-order chi connectivity index (χ1) is 20.4. The lowest BCUT2D eigenvalue weighted by Gasteiger charge is -2.50. The Morgan fingerprint density at radius 2 is 1.39 bits per heavy atom. The number of benzene rings is 2. The highest BCUT2D eigenvalue weighted by Gasteiger charge is 2.48. The maximum Gasteiger partial charge on any atom is 0.408 e. The quantitative estimate of drug-likeness (QED) is 0.261. The summed E-state index contributed by atoms with van der Waals surface area (Å²) in [5.74, 6) is 0.214. The van der Waals surface area contributed by atoms with Crippen molar-refractivity contribution in [1.29, 1.82) is 0 Å². The van der Waals surface area contributed by atoms with E-state index in [1.807, 2.05) is 121 Å². The summed E-state index contributed by atoms with van der Waals surface area (Å²) < 4.78 is 5.58. The van der Waals surface area contributed by atoms with Crippen molar-refractivity contribution < 1.29 is 19.5 Å². The van der Waals surface area contributed by atoms with Gasteiger partial charge in [-0.1, -0.05) is 86.7 Å². The number of ether oxygens (including phenoxy) is 1. The predicted molar refractivity (Wildman–Crippen MR) is 176 cm³/mol. The Morgan fingerprint density at radius 1 is 0.909 bits per heavy atom. The molecule has 0 aliphatic carbocycles. The van der Waals surface area contributed by atoms with Crippen LogP contribution in [0.1, 0.15) is 92.7 Å². The Morgan fingerprint density at radius 3 is 1.82 bits per heavy atom. The molecular formula is C37H54N3O4. The second kappa shape index (κ2) is 14.3. The van der Waals surface area contributed by atoms with Gasteiger partial charge < -0.3 is 15.4 Å². The van der Waals surface area contributed by atoms with Crippen LogP contribution in [0, 0.1) is 11.3 Å². The molecule has 241 valence electrons. The van der Waals surface area contributed by atoms with Crippen LogP contribution >= 0.6 is 0 Å². The molecule has 1 radical (unpaired) electrons. The van der Waals surface area contributed by atoms with Gasteiger partial charge in [0.1, 0.15) is 5.60 Å². The number of carbonyl (C=O) groups excluding carboxylic acids is 2. The van der Waals surface area contributed by atoms with E-state index in [-0.39, 0.29) is 18.0 Å². The van der Waals surface area contributed by atoms with Crippen LogP contribution in [0.2, 0.25) is 0 Å². The third-order valence-electron chi connectivity index (χ3n) is 8.18. The van der Waals surface area contributed by atoms with Crippen molar-refractivity contribution in [2.75, 3.05) is 0 Å². The van der Waals surface area contributed by atoms with E-state index in [0.29, 0.717) is 38.0 Å². The van der Waals surface area contributed by atoms with E-state index < -0.39 is 28.2 Å². The van der Waals surface area contributed by atoms with Crippen molar-refractivity contribution in [1.82, 2.24) is 15.7 Å². The van der Waals surface area contributed by atoms with Crippen molar-refractivity contribution in [2.45, 2.75) is 123 Å². The largest absolute Gasteiger partial charge is 0.444 e. The summed E-state index contributed by atoms with van der Waals surface area (Å²) >= 11 is 0. The molecule has 1 aliphatic heterocycles. The first-order valence-electron chi connectivity index (χ1n) is 16.0. The molecule has 1 fully saturated rings. The van der Waals surface area contributed by atoms with Crippen LogP contribution < -0.4 is 10.6 Å². The maximum absolute atomic E-state index is 14.7. The van der Waals surface area contributed by atoms with E-state index in [4.69, 9.17) is 4.74 Å². The van der Waals surface area contributed by atoms with Crippen LogP contribution in [-0.2, 0) is 27.6 Å². The normalized spacial score (nSPS) is 18.2. The molecule has 2 aromatic carbocycles. The van der Waals surface area contributed by atoms with Crippen molar-refractivity contribution >= 4 is 12.0 Å². The molecule has 2 aromatic rings. The fourth-order valence-corrected chi connectivity index (χ4v) is 6.48. The molecule has 2 amide bonds. The highest BCUT2D eigenvalue weighted by atomic mass is 16.6. The summed E-state index contributed by atoms with van der Waals surface area (Å²) in [5, 5.41) is 20.7. The zero-order valence-electron chi connectivity index (χ0n) is 28.3. The van der Waals surface area contributed by atoms with Gasteiger partial charge in [-0.2, -0.15) is 0 Å². The summed E-state index contributed by atoms with van der Waals surface area (Å²) in [5.41, 5.74) is -0.733. The second-order valence-electron chi connectivity index (χ2n) is 15.2. The zero-order chi connectivity index (χ0) is 32.8. The van der Waals surface area contributed by atoms with Crippen molar-refractivity contribution in [3.8, 4) is 0 Å². The lowest BCUT2D eigenvalue weighted by Crippen LogP contribution is -2.63. The summed E-state index contributed by atoms with van der Waals surface area (Å²) in [7, 11) is 0. The average Bonchev–Trinajstić information content (AvgIpc) is 2.89. The fraction of sp³-hybridized carbons (Fsp3) is 0.568. The van der Waals surface area contributed by atoms with E-state index in [1.165, 1.54) is 5.06 Å². The van der Waals surface area contributed by atoms with Gasteiger partial charge in [0.2, 0.25) is 5.91 Å². The number of nitrogens with zero attached hydrogens (tertiary/aromatic N) is 1. The number of hydroxylamine groups is 2. The Labute approximate surface area is 265 Å². The molecule has 2 N–H and O–H groups in total. The van der Waals surface area contributed by atoms with Crippen LogP contribution in [-0.4, -0.2) is 45.8 Å². The summed E-state index contributed by atoms with van der Waals surface area (Å²) in [6.07, 6.45) is 6.24. The number of amides is 2. The standard InChI is InChI=1S/C37H54N3O4/c1-27(2)22-30(39-33(42)44-34(3,4)5)20-21-37(23-28-16-12-10-13-17-28,24-29-18-14-11-15-19-29)32(41)38-31-25-35(6,7)40(43)36(8,9)26-31/h10-21,27,30-31H,22-26H2,1-9H3,(H,38,41)(H,39,42)/b21-20+/t30-/m1/s1. The smallest absolute Gasteiger partial charge is 0.408 e. The van der Waals surface area contributed by atoms with Crippen LogP contribution in [0.4, 0.5) is 4.79 Å².